The van der Waals surface area contributed by atoms with Crippen LogP contribution in [0.4, 0.5) is 0 Å². The van der Waals surface area contributed by atoms with Gasteiger partial charge in [-0.25, -0.2) is 3.63 Å². The molecule has 24 heavy (non-hydrogen) atoms. The van der Waals surface area contributed by atoms with Crippen molar-refractivity contribution in [3.05, 3.63) is 29.8 Å². The van der Waals surface area contributed by atoms with Gasteiger partial charge in [-0.05, 0) is 19.1 Å². The highest BCUT2D eigenvalue weighted by Gasteiger charge is 2.40. The van der Waals surface area contributed by atoms with Gasteiger partial charge in [-0.2, -0.15) is 8.42 Å². The van der Waals surface area contributed by atoms with Gasteiger partial charge in [0.2, 0.25) is 0 Å². The van der Waals surface area contributed by atoms with E-state index in [2.05, 4.69) is 0 Å². The Morgan fingerprint density at radius 1 is 0.958 bits per heavy atom. The SMILES string of the molecule is Cc1ccc(S(=O)(=O)OS(CC(=O)C(C)C)(C(C)C)C(C)C)cc1. The minimum absolute atomic E-state index is 0.0413. The van der Waals surface area contributed by atoms with Crippen LogP contribution in [0.3, 0.4) is 0 Å². The van der Waals surface area contributed by atoms with E-state index < -0.39 is 20.4 Å². The average molecular weight is 375 g/mol. The van der Waals surface area contributed by atoms with Crippen LogP contribution in [0.2, 0.25) is 0 Å². The zero-order chi connectivity index (χ0) is 18.7. The number of carbonyl (C=O) groups is 1. The molecule has 1 aromatic rings. The third-order valence-corrected chi connectivity index (χ3v) is 10.6. The minimum Gasteiger partial charge on any atom is -0.298 e. The molecule has 0 amide bonds. The highest BCUT2D eigenvalue weighted by molar-refractivity contribution is 8.34. The third-order valence-electron chi connectivity index (χ3n) is 4.13. The molecule has 0 bridgehead atoms. The fourth-order valence-electron chi connectivity index (χ4n) is 2.36. The lowest BCUT2D eigenvalue weighted by atomic mass is 10.1. The summed E-state index contributed by atoms with van der Waals surface area (Å²) in [5.74, 6) is 0.0806. The van der Waals surface area contributed by atoms with Gasteiger partial charge in [0.05, 0.1) is 10.6 Å². The number of hydrogen-bond acceptors (Lipinski definition) is 4. The van der Waals surface area contributed by atoms with Gasteiger partial charge in [0.15, 0.2) is 0 Å². The predicted octanol–water partition coefficient (Wildman–Crippen LogP) is 4.46. The van der Waals surface area contributed by atoms with Gasteiger partial charge in [-0.3, -0.25) is 4.79 Å². The van der Waals surface area contributed by atoms with Crippen molar-refractivity contribution in [1.82, 2.24) is 0 Å². The first kappa shape index (κ1) is 21.2. The number of rotatable bonds is 8. The molecule has 0 aromatic heterocycles. The fraction of sp³-hybridized carbons (Fsp3) is 0.611. The Labute approximate surface area is 148 Å². The molecule has 0 fully saturated rings. The summed E-state index contributed by atoms with van der Waals surface area (Å²) in [6, 6.07) is 6.61. The third kappa shape index (κ3) is 4.83. The summed E-state index contributed by atoms with van der Waals surface area (Å²) >= 11 is 0. The second kappa shape index (κ2) is 8.02. The number of carbonyl (C=O) groups excluding carboxylic acids is 1. The second-order valence-electron chi connectivity index (χ2n) is 6.98. The Balaban J connectivity index is 3.29. The molecule has 1 aromatic carbocycles. The Hall–Kier alpha value is -0.850. The van der Waals surface area contributed by atoms with Crippen LogP contribution in [0.15, 0.2) is 29.2 Å². The second-order valence-corrected chi connectivity index (χ2v) is 12.6. The molecule has 4 nitrogen and oxygen atoms in total. The molecule has 138 valence electrons. The number of Topliss-reactive ketones (excluding diaryl/α,β-unsaturated/α-hetero) is 1. The van der Waals surface area contributed by atoms with Gasteiger partial charge in [0.25, 0.3) is 0 Å². The van der Waals surface area contributed by atoms with Crippen molar-refractivity contribution < 1.29 is 16.8 Å². The lowest BCUT2D eigenvalue weighted by molar-refractivity contribution is -0.119. The Kier molecular flexibility index (Phi) is 7.08. The molecule has 0 spiro atoms. The highest BCUT2D eigenvalue weighted by Crippen LogP contribution is 2.59. The summed E-state index contributed by atoms with van der Waals surface area (Å²) in [4.78, 5) is 12.5. The molecule has 0 aliphatic carbocycles. The van der Waals surface area contributed by atoms with E-state index in [4.69, 9.17) is 3.63 Å². The van der Waals surface area contributed by atoms with Gasteiger partial charge < -0.3 is 0 Å². The van der Waals surface area contributed by atoms with Crippen LogP contribution in [-0.4, -0.2) is 30.5 Å². The summed E-state index contributed by atoms with van der Waals surface area (Å²) in [5.41, 5.74) is 0.982. The first-order chi connectivity index (χ1) is 10.9. The lowest BCUT2D eigenvalue weighted by Crippen LogP contribution is -2.33. The molecule has 1 rings (SSSR count). The molecule has 0 radical (unpaired) electrons. The molecule has 6 heteroatoms. The number of hydrogen-bond donors (Lipinski definition) is 0. The Bertz CT molecular complexity index is 651. The van der Waals surface area contributed by atoms with E-state index in [9.17, 15) is 13.2 Å². The first-order valence-corrected chi connectivity index (χ1v) is 11.5. The largest absolute Gasteiger partial charge is 0.306 e. The van der Waals surface area contributed by atoms with E-state index in [1.807, 2.05) is 48.5 Å². The van der Waals surface area contributed by atoms with Crippen LogP contribution in [0.1, 0.15) is 47.1 Å². The van der Waals surface area contributed by atoms with Crippen LogP contribution >= 0.6 is 10.3 Å². The van der Waals surface area contributed by atoms with Gasteiger partial charge >= 0.3 is 10.1 Å². The van der Waals surface area contributed by atoms with Gasteiger partial charge in [0, 0.05) is 16.4 Å². The zero-order valence-electron chi connectivity index (χ0n) is 15.7. The Morgan fingerprint density at radius 3 is 1.79 bits per heavy atom. The molecular weight excluding hydrogens is 344 g/mol. The molecule has 0 aliphatic rings. The number of aryl methyl sites for hydroxylation is 1. The van der Waals surface area contributed by atoms with Crippen molar-refractivity contribution in [3.8, 4) is 0 Å². The quantitative estimate of drug-likeness (QED) is 0.674. The van der Waals surface area contributed by atoms with Gasteiger partial charge in [-0.15, -0.1) is 10.3 Å². The molecule has 0 unspecified atom stereocenters. The number of ketones is 1. The van der Waals surface area contributed by atoms with Crippen LogP contribution in [-0.2, 0) is 18.5 Å². The zero-order valence-corrected chi connectivity index (χ0v) is 17.3. The maximum absolute atomic E-state index is 12.8. The van der Waals surface area contributed by atoms with E-state index in [1.54, 1.807) is 24.3 Å². The molecule has 0 heterocycles. The highest BCUT2D eigenvalue weighted by atomic mass is 32.3. The van der Waals surface area contributed by atoms with E-state index in [0.29, 0.717) is 0 Å². The van der Waals surface area contributed by atoms with E-state index in [1.165, 1.54) is 0 Å². The van der Waals surface area contributed by atoms with Crippen LogP contribution in [0.5, 0.6) is 0 Å². The van der Waals surface area contributed by atoms with E-state index in [0.717, 1.165) is 5.56 Å². The van der Waals surface area contributed by atoms with Crippen molar-refractivity contribution in [3.63, 3.8) is 0 Å². The minimum atomic E-state index is -3.91. The van der Waals surface area contributed by atoms with Crippen LogP contribution < -0.4 is 0 Å². The van der Waals surface area contributed by atoms with Gasteiger partial charge in [-0.1, -0.05) is 59.2 Å². The maximum Gasteiger partial charge on any atom is 0.306 e. The van der Waals surface area contributed by atoms with Crippen molar-refractivity contribution in [1.29, 1.82) is 0 Å². The lowest BCUT2D eigenvalue weighted by Gasteiger charge is -2.45. The van der Waals surface area contributed by atoms with Crippen LogP contribution in [0, 0.1) is 12.8 Å². The maximum atomic E-state index is 12.8. The summed E-state index contributed by atoms with van der Waals surface area (Å²) in [5, 5.41) is -0.0825. The van der Waals surface area contributed by atoms with Crippen molar-refractivity contribution >= 4 is 26.2 Å². The van der Waals surface area contributed by atoms with Crippen LogP contribution in [0.25, 0.3) is 0 Å². The average Bonchev–Trinajstić information content (AvgIpc) is 2.45. The molecule has 0 saturated carbocycles. The predicted molar refractivity (Wildman–Crippen MR) is 102 cm³/mol. The first-order valence-electron chi connectivity index (χ1n) is 8.26. The summed E-state index contributed by atoms with van der Waals surface area (Å²) in [6.45, 7) is 13.3. The summed E-state index contributed by atoms with van der Waals surface area (Å²) < 4.78 is 31.4. The molecule has 0 N–H and O–H groups in total. The number of benzene rings is 1. The molecule has 0 aliphatic heterocycles. The molecule has 0 saturated heterocycles. The molecule has 0 atom stereocenters. The van der Waals surface area contributed by atoms with E-state index >= 15 is 0 Å². The Morgan fingerprint density at radius 2 is 1.42 bits per heavy atom. The normalized spacial score (nSPS) is 13.8. The summed E-state index contributed by atoms with van der Waals surface area (Å²) in [7, 11) is -6.04. The smallest absolute Gasteiger partial charge is 0.298 e. The van der Waals surface area contributed by atoms with Crippen molar-refractivity contribution in [2.45, 2.75) is 63.9 Å². The van der Waals surface area contributed by atoms with Gasteiger partial charge in [0.1, 0.15) is 5.78 Å². The molecular formula is C18H30O4S2. The monoisotopic (exact) mass is 374 g/mol. The van der Waals surface area contributed by atoms with Crippen molar-refractivity contribution in [2.75, 3.05) is 5.75 Å². The standard InChI is InChI=1S/C18H30O4S2/c1-13(2)18(19)12-23(14(3)4,15(5)6)22-24(20,21)17-10-8-16(7)9-11-17/h8-11,13-15H,12H2,1-7H3. The fourth-order valence-corrected chi connectivity index (χ4v) is 8.46. The summed E-state index contributed by atoms with van der Waals surface area (Å²) in [6.07, 6.45) is 0. The van der Waals surface area contributed by atoms with Crippen molar-refractivity contribution in [2.24, 2.45) is 5.92 Å². The van der Waals surface area contributed by atoms with E-state index in [-0.39, 0.29) is 32.8 Å². The topological polar surface area (TPSA) is 60.4 Å².